The highest BCUT2D eigenvalue weighted by Crippen LogP contribution is 2.48. The largest absolute Gasteiger partial charge is 0.371 e. The molecular weight excluding hydrogens is 409 g/mol. The average Bonchev–Trinajstić information content (AvgIpc) is 2.71. The van der Waals surface area contributed by atoms with Gasteiger partial charge in [0, 0.05) is 39.9 Å². The van der Waals surface area contributed by atoms with Gasteiger partial charge < -0.3 is 10.2 Å². The molecule has 0 spiro atoms. The summed E-state index contributed by atoms with van der Waals surface area (Å²) >= 11 is 8.13. The summed E-state index contributed by atoms with van der Waals surface area (Å²) in [6, 6.07) is 15.5. The Balaban J connectivity index is 0.00000192. The number of para-hydroxylation sites is 1. The summed E-state index contributed by atoms with van der Waals surface area (Å²) in [6.07, 6.45) is 6.32. The molecule has 2 saturated heterocycles. The fraction of sp³-hybridized carbons (Fsp3) is 0.409. The summed E-state index contributed by atoms with van der Waals surface area (Å²) < 4.78 is 0. The SMILES string of the molecule is Cl.Clc1ccc2c(c1)N(CCCN=C1NC3CCC1CC3)c1ccccc1S2. The lowest BCUT2D eigenvalue weighted by Crippen LogP contribution is -2.49. The molecule has 1 aliphatic carbocycles. The van der Waals surface area contributed by atoms with Crippen LogP contribution in [0.2, 0.25) is 5.02 Å². The molecule has 0 atom stereocenters. The van der Waals surface area contributed by atoms with Gasteiger partial charge in [0.15, 0.2) is 0 Å². The van der Waals surface area contributed by atoms with E-state index in [1.54, 1.807) is 0 Å². The van der Waals surface area contributed by atoms with Crippen LogP contribution in [-0.4, -0.2) is 25.0 Å². The van der Waals surface area contributed by atoms with Crippen molar-refractivity contribution in [3.63, 3.8) is 0 Å². The highest BCUT2D eigenvalue weighted by molar-refractivity contribution is 7.99. The lowest BCUT2D eigenvalue weighted by atomic mass is 9.80. The first-order valence-corrected chi connectivity index (χ1v) is 11.1. The first kappa shape index (κ1) is 19.9. The van der Waals surface area contributed by atoms with Crippen LogP contribution in [0, 0.1) is 5.92 Å². The highest BCUT2D eigenvalue weighted by Gasteiger charge is 2.31. The molecule has 1 saturated carbocycles. The van der Waals surface area contributed by atoms with Crippen LogP contribution in [0.5, 0.6) is 0 Å². The van der Waals surface area contributed by atoms with Crippen molar-refractivity contribution in [3.8, 4) is 0 Å². The molecule has 148 valence electrons. The van der Waals surface area contributed by atoms with Gasteiger partial charge in [0.2, 0.25) is 0 Å². The highest BCUT2D eigenvalue weighted by atomic mass is 35.5. The Hall–Kier alpha value is -1.36. The molecule has 3 nitrogen and oxygen atoms in total. The van der Waals surface area contributed by atoms with Crippen molar-refractivity contribution < 1.29 is 0 Å². The zero-order valence-corrected chi connectivity index (χ0v) is 18.1. The number of nitrogens with zero attached hydrogens (tertiary/aromatic N) is 2. The molecule has 2 bridgehead atoms. The third-order valence-electron chi connectivity index (χ3n) is 5.88. The lowest BCUT2D eigenvalue weighted by molar-refractivity contribution is 0.318. The van der Waals surface area contributed by atoms with E-state index in [4.69, 9.17) is 16.6 Å². The molecule has 0 radical (unpaired) electrons. The molecule has 6 heteroatoms. The van der Waals surface area contributed by atoms with Crippen LogP contribution in [-0.2, 0) is 0 Å². The molecule has 3 heterocycles. The Labute approximate surface area is 182 Å². The summed E-state index contributed by atoms with van der Waals surface area (Å²) in [5.74, 6) is 1.96. The molecule has 28 heavy (non-hydrogen) atoms. The van der Waals surface area contributed by atoms with Crippen LogP contribution in [0.3, 0.4) is 0 Å². The van der Waals surface area contributed by atoms with E-state index in [1.807, 2.05) is 17.8 Å². The van der Waals surface area contributed by atoms with Crippen LogP contribution >= 0.6 is 35.8 Å². The van der Waals surface area contributed by atoms with Gasteiger partial charge in [-0.05, 0) is 62.4 Å². The second kappa shape index (κ2) is 8.56. The number of halogens is 2. The number of anilines is 2. The van der Waals surface area contributed by atoms with E-state index < -0.39 is 0 Å². The van der Waals surface area contributed by atoms with Crippen molar-refractivity contribution in [2.45, 2.75) is 47.9 Å². The van der Waals surface area contributed by atoms with Gasteiger partial charge in [0.25, 0.3) is 0 Å². The van der Waals surface area contributed by atoms with Gasteiger partial charge in [0.1, 0.15) is 0 Å². The molecule has 4 aliphatic rings. The fourth-order valence-corrected chi connectivity index (χ4v) is 5.73. The lowest BCUT2D eigenvalue weighted by Gasteiger charge is -2.38. The Bertz CT molecular complexity index is 878. The molecular formula is C22H25Cl2N3S. The van der Waals surface area contributed by atoms with Gasteiger partial charge in [0.05, 0.1) is 17.2 Å². The zero-order valence-electron chi connectivity index (χ0n) is 15.7. The van der Waals surface area contributed by atoms with E-state index >= 15 is 0 Å². The summed E-state index contributed by atoms with van der Waals surface area (Å²) in [5, 5.41) is 4.44. The quantitative estimate of drug-likeness (QED) is 0.571. The maximum atomic E-state index is 6.30. The zero-order chi connectivity index (χ0) is 18.2. The maximum absolute atomic E-state index is 6.30. The van der Waals surface area contributed by atoms with Crippen molar-refractivity contribution >= 4 is 53.0 Å². The maximum Gasteiger partial charge on any atom is 0.0996 e. The molecule has 1 N–H and O–H groups in total. The van der Waals surface area contributed by atoms with Crippen molar-refractivity contribution in [1.82, 2.24) is 5.32 Å². The number of hydrogen-bond acceptors (Lipinski definition) is 3. The minimum absolute atomic E-state index is 0. The fourth-order valence-electron chi connectivity index (χ4n) is 4.48. The Kier molecular flexibility index (Phi) is 6.10. The summed E-state index contributed by atoms with van der Waals surface area (Å²) in [7, 11) is 0. The summed E-state index contributed by atoms with van der Waals surface area (Å²) in [4.78, 5) is 9.92. The number of nitrogens with one attached hydrogen (secondary N) is 1. The van der Waals surface area contributed by atoms with Gasteiger partial charge in [-0.15, -0.1) is 12.4 Å². The molecule has 0 unspecified atom stereocenters. The monoisotopic (exact) mass is 433 g/mol. The van der Waals surface area contributed by atoms with Gasteiger partial charge >= 0.3 is 0 Å². The van der Waals surface area contributed by atoms with E-state index in [2.05, 4.69) is 46.6 Å². The first-order valence-electron chi connectivity index (χ1n) is 9.93. The van der Waals surface area contributed by atoms with Crippen molar-refractivity contribution in [2.24, 2.45) is 10.9 Å². The van der Waals surface area contributed by atoms with E-state index in [0.717, 1.165) is 24.5 Å². The number of fused-ring (bicyclic) bond motifs is 5. The number of piperidine rings is 2. The predicted octanol–water partition coefficient (Wildman–Crippen LogP) is 6.32. The Morgan fingerprint density at radius 1 is 1.04 bits per heavy atom. The minimum atomic E-state index is 0. The van der Waals surface area contributed by atoms with Crippen LogP contribution in [0.1, 0.15) is 32.1 Å². The molecule has 6 rings (SSSR count). The van der Waals surface area contributed by atoms with Gasteiger partial charge in [-0.1, -0.05) is 35.5 Å². The normalized spacial score (nSPS) is 23.6. The molecule has 3 fully saturated rings. The molecule has 2 aromatic carbocycles. The molecule has 0 amide bonds. The van der Waals surface area contributed by atoms with E-state index in [9.17, 15) is 0 Å². The van der Waals surface area contributed by atoms with E-state index in [0.29, 0.717) is 12.0 Å². The predicted molar refractivity (Wildman–Crippen MR) is 122 cm³/mol. The standard InChI is InChI=1S/C22H24ClN3S.ClH/c23-16-8-11-21-19(14-16)26(18-4-1-2-5-20(18)27-21)13-3-12-24-22-15-6-9-17(25-22)10-7-15;/h1-2,4-5,8,11,14-15,17H,3,6-7,9-10,12-13H2,(H,24,25);1H. The van der Waals surface area contributed by atoms with E-state index in [-0.39, 0.29) is 12.4 Å². The second-order valence-corrected chi connectivity index (χ2v) is 9.17. The van der Waals surface area contributed by atoms with Crippen molar-refractivity contribution in [3.05, 3.63) is 47.5 Å². The third-order valence-corrected chi connectivity index (χ3v) is 7.24. The number of aliphatic imine (C=N–C) groups is 1. The molecule has 3 aliphatic heterocycles. The van der Waals surface area contributed by atoms with Gasteiger partial charge in [-0.25, -0.2) is 0 Å². The van der Waals surface area contributed by atoms with Crippen molar-refractivity contribution in [1.29, 1.82) is 0 Å². The van der Waals surface area contributed by atoms with Crippen molar-refractivity contribution in [2.75, 3.05) is 18.0 Å². The smallest absolute Gasteiger partial charge is 0.0996 e. The van der Waals surface area contributed by atoms with Crippen LogP contribution in [0.15, 0.2) is 57.2 Å². The Morgan fingerprint density at radius 2 is 1.82 bits per heavy atom. The average molecular weight is 434 g/mol. The molecule has 2 aromatic rings. The summed E-state index contributed by atoms with van der Waals surface area (Å²) in [5.41, 5.74) is 2.49. The third kappa shape index (κ3) is 3.87. The first-order chi connectivity index (χ1) is 13.3. The van der Waals surface area contributed by atoms with E-state index in [1.165, 1.54) is 52.7 Å². The van der Waals surface area contributed by atoms with Gasteiger partial charge in [-0.3, -0.25) is 4.99 Å². The number of rotatable bonds is 4. The number of benzene rings is 2. The minimum Gasteiger partial charge on any atom is -0.371 e. The van der Waals surface area contributed by atoms with Crippen LogP contribution in [0.25, 0.3) is 0 Å². The topological polar surface area (TPSA) is 27.6 Å². The number of amidine groups is 1. The van der Waals surface area contributed by atoms with Crippen LogP contribution < -0.4 is 10.2 Å². The number of hydrogen-bond donors (Lipinski definition) is 1. The van der Waals surface area contributed by atoms with Gasteiger partial charge in [-0.2, -0.15) is 0 Å². The molecule has 0 aromatic heterocycles. The second-order valence-electron chi connectivity index (χ2n) is 7.65. The van der Waals surface area contributed by atoms with Crippen LogP contribution in [0.4, 0.5) is 11.4 Å². The Morgan fingerprint density at radius 3 is 2.61 bits per heavy atom. The summed E-state index contributed by atoms with van der Waals surface area (Å²) in [6.45, 7) is 1.84.